The Morgan fingerprint density at radius 1 is 1.44 bits per heavy atom. The molecule has 1 aromatic rings. The van der Waals surface area contributed by atoms with Crippen molar-refractivity contribution in [1.82, 2.24) is 4.90 Å². The minimum Gasteiger partial charge on any atom is -0.372 e. The molecule has 2 rings (SSSR count). The zero-order chi connectivity index (χ0) is 11.7. The number of amides is 1. The molecule has 0 aromatic heterocycles. The third-order valence-corrected chi connectivity index (χ3v) is 3.25. The van der Waals surface area contributed by atoms with Gasteiger partial charge in [0, 0.05) is 18.6 Å². The lowest BCUT2D eigenvalue weighted by Crippen LogP contribution is -2.31. The van der Waals surface area contributed by atoms with Gasteiger partial charge < -0.3 is 10.2 Å². The van der Waals surface area contributed by atoms with E-state index in [9.17, 15) is 4.79 Å². The molecule has 1 heterocycles. The second kappa shape index (κ2) is 4.52. The van der Waals surface area contributed by atoms with Crippen LogP contribution in [0.15, 0.2) is 18.2 Å². The standard InChI is InChI=1S/C11H12Cl2N2O/c1-15-5-4-9(11(15)16)14-10-6-7(12)2-3-8(10)13/h2-3,6,9,14H,4-5H2,1H3. The van der Waals surface area contributed by atoms with Crippen LogP contribution in [0.2, 0.25) is 10.0 Å². The van der Waals surface area contributed by atoms with Crippen LogP contribution in [0.1, 0.15) is 6.42 Å². The highest BCUT2D eigenvalue weighted by molar-refractivity contribution is 6.35. The van der Waals surface area contributed by atoms with Gasteiger partial charge in [-0.3, -0.25) is 4.79 Å². The maximum Gasteiger partial charge on any atom is 0.244 e. The maximum atomic E-state index is 11.7. The van der Waals surface area contributed by atoms with Crippen molar-refractivity contribution in [2.75, 3.05) is 18.9 Å². The van der Waals surface area contributed by atoms with E-state index in [1.54, 1.807) is 30.1 Å². The van der Waals surface area contributed by atoms with E-state index in [0.29, 0.717) is 15.7 Å². The van der Waals surface area contributed by atoms with Gasteiger partial charge in [-0.05, 0) is 24.6 Å². The van der Waals surface area contributed by atoms with Crippen LogP contribution in [0.3, 0.4) is 0 Å². The summed E-state index contributed by atoms with van der Waals surface area (Å²) in [4.78, 5) is 13.4. The highest BCUT2D eigenvalue weighted by Gasteiger charge is 2.29. The first-order chi connectivity index (χ1) is 7.58. The Balaban J connectivity index is 2.15. The Labute approximate surface area is 104 Å². The number of carbonyl (C=O) groups is 1. The third kappa shape index (κ3) is 2.25. The summed E-state index contributed by atoms with van der Waals surface area (Å²) in [6, 6.07) is 4.98. The highest BCUT2D eigenvalue weighted by Crippen LogP contribution is 2.27. The van der Waals surface area contributed by atoms with Crippen LogP contribution in [0, 0.1) is 0 Å². The molecule has 0 radical (unpaired) electrons. The minimum atomic E-state index is -0.194. The lowest BCUT2D eigenvalue weighted by Gasteiger charge is -2.14. The van der Waals surface area contributed by atoms with E-state index in [1.807, 2.05) is 0 Å². The van der Waals surface area contributed by atoms with Crippen molar-refractivity contribution < 1.29 is 4.79 Å². The molecule has 0 aliphatic carbocycles. The number of carbonyl (C=O) groups excluding carboxylic acids is 1. The number of nitrogens with zero attached hydrogens (tertiary/aromatic N) is 1. The summed E-state index contributed by atoms with van der Waals surface area (Å²) >= 11 is 11.9. The predicted molar refractivity (Wildman–Crippen MR) is 66.1 cm³/mol. The molecule has 1 N–H and O–H groups in total. The lowest BCUT2D eigenvalue weighted by atomic mass is 10.2. The Morgan fingerprint density at radius 3 is 2.81 bits per heavy atom. The van der Waals surface area contributed by atoms with Gasteiger partial charge in [-0.15, -0.1) is 0 Å². The van der Waals surface area contributed by atoms with Crippen LogP contribution >= 0.6 is 23.2 Å². The molecule has 5 heteroatoms. The zero-order valence-corrected chi connectivity index (χ0v) is 10.3. The fourth-order valence-corrected chi connectivity index (χ4v) is 2.10. The molecule has 1 aliphatic heterocycles. The topological polar surface area (TPSA) is 32.3 Å². The van der Waals surface area contributed by atoms with E-state index in [2.05, 4.69) is 5.32 Å². The summed E-state index contributed by atoms with van der Waals surface area (Å²) in [5.41, 5.74) is 0.711. The summed E-state index contributed by atoms with van der Waals surface area (Å²) in [6.07, 6.45) is 0.790. The monoisotopic (exact) mass is 258 g/mol. The van der Waals surface area contributed by atoms with Crippen LogP contribution in [-0.2, 0) is 4.79 Å². The van der Waals surface area contributed by atoms with Crippen LogP contribution in [0.25, 0.3) is 0 Å². The molecule has 16 heavy (non-hydrogen) atoms. The van der Waals surface area contributed by atoms with E-state index < -0.39 is 0 Å². The van der Waals surface area contributed by atoms with Gasteiger partial charge in [-0.2, -0.15) is 0 Å². The number of benzene rings is 1. The SMILES string of the molecule is CN1CCC(Nc2cc(Cl)ccc2Cl)C1=O. The maximum absolute atomic E-state index is 11.7. The first kappa shape index (κ1) is 11.6. The van der Waals surface area contributed by atoms with E-state index in [0.717, 1.165) is 13.0 Å². The Kier molecular flexibility index (Phi) is 3.26. The van der Waals surface area contributed by atoms with E-state index in [-0.39, 0.29) is 11.9 Å². The van der Waals surface area contributed by atoms with Crippen molar-refractivity contribution in [3.05, 3.63) is 28.2 Å². The predicted octanol–water partition coefficient (Wildman–Crippen LogP) is 2.64. The Bertz CT molecular complexity index is 422. The van der Waals surface area contributed by atoms with Gasteiger partial charge >= 0.3 is 0 Å². The molecular formula is C11H12Cl2N2O. The third-order valence-electron chi connectivity index (χ3n) is 2.69. The average molecular weight is 259 g/mol. The number of nitrogens with one attached hydrogen (secondary N) is 1. The van der Waals surface area contributed by atoms with Crippen molar-refractivity contribution >= 4 is 34.8 Å². The first-order valence-corrected chi connectivity index (χ1v) is 5.80. The van der Waals surface area contributed by atoms with E-state index in [4.69, 9.17) is 23.2 Å². The smallest absolute Gasteiger partial charge is 0.244 e. The van der Waals surface area contributed by atoms with Crippen molar-refractivity contribution in [3.63, 3.8) is 0 Å². The van der Waals surface area contributed by atoms with Crippen LogP contribution in [-0.4, -0.2) is 30.4 Å². The molecule has 1 fully saturated rings. The van der Waals surface area contributed by atoms with Gasteiger partial charge in [-0.1, -0.05) is 23.2 Å². The van der Waals surface area contributed by atoms with Crippen molar-refractivity contribution in [1.29, 1.82) is 0 Å². The number of anilines is 1. The minimum absolute atomic E-state index is 0.0936. The number of likely N-dealkylation sites (N-methyl/N-ethyl adjacent to an activating group) is 1. The molecule has 1 aliphatic rings. The molecule has 1 aromatic carbocycles. The van der Waals surface area contributed by atoms with Crippen LogP contribution < -0.4 is 5.32 Å². The zero-order valence-electron chi connectivity index (χ0n) is 8.84. The van der Waals surface area contributed by atoms with Gasteiger partial charge in [0.25, 0.3) is 0 Å². The molecule has 0 bridgehead atoms. The molecule has 3 nitrogen and oxygen atoms in total. The van der Waals surface area contributed by atoms with Gasteiger partial charge in [0.05, 0.1) is 10.7 Å². The first-order valence-electron chi connectivity index (χ1n) is 5.04. The summed E-state index contributed by atoms with van der Waals surface area (Å²) in [5.74, 6) is 0.0936. The van der Waals surface area contributed by atoms with Crippen LogP contribution in [0.5, 0.6) is 0 Å². The second-order valence-electron chi connectivity index (χ2n) is 3.87. The summed E-state index contributed by atoms with van der Waals surface area (Å²) in [7, 11) is 1.80. The van der Waals surface area contributed by atoms with Gasteiger partial charge in [-0.25, -0.2) is 0 Å². The molecule has 1 atom stereocenters. The van der Waals surface area contributed by atoms with Crippen LogP contribution in [0.4, 0.5) is 5.69 Å². The number of hydrogen-bond acceptors (Lipinski definition) is 2. The molecule has 1 unspecified atom stereocenters. The normalized spacial score (nSPS) is 20.3. The highest BCUT2D eigenvalue weighted by atomic mass is 35.5. The largest absolute Gasteiger partial charge is 0.372 e. The Hall–Kier alpha value is -0.930. The summed E-state index contributed by atoms with van der Waals surface area (Å²) in [5, 5.41) is 4.30. The molecular weight excluding hydrogens is 247 g/mol. The van der Waals surface area contributed by atoms with E-state index in [1.165, 1.54) is 0 Å². The lowest BCUT2D eigenvalue weighted by molar-refractivity contribution is -0.127. The number of hydrogen-bond donors (Lipinski definition) is 1. The molecule has 86 valence electrons. The quantitative estimate of drug-likeness (QED) is 0.885. The van der Waals surface area contributed by atoms with Crippen molar-refractivity contribution in [3.8, 4) is 0 Å². The van der Waals surface area contributed by atoms with Crippen molar-refractivity contribution in [2.24, 2.45) is 0 Å². The number of halogens is 2. The van der Waals surface area contributed by atoms with Gasteiger partial charge in [0.15, 0.2) is 0 Å². The van der Waals surface area contributed by atoms with Gasteiger partial charge in [0.1, 0.15) is 6.04 Å². The summed E-state index contributed by atoms with van der Waals surface area (Å²) < 4.78 is 0. The van der Waals surface area contributed by atoms with Gasteiger partial charge in [0.2, 0.25) is 5.91 Å². The molecule has 1 amide bonds. The van der Waals surface area contributed by atoms with E-state index >= 15 is 0 Å². The fraction of sp³-hybridized carbons (Fsp3) is 0.364. The molecule has 1 saturated heterocycles. The summed E-state index contributed by atoms with van der Waals surface area (Å²) in [6.45, 7) is 0.773. The van der Waals surface area contributed by atoms with Crippen molar-refractivity contribution in [2.45, 2.75) is 12.5 Å². The molecule has 0 saturated carbocycles. The number of rotatable bonds is 2. The second-order valence-corrected chi connectivity index (χ2v) is 4.71. The number of likely N-dealkylation sites (tertiary alicyclic amines) is 1. The molecule has 0 spiro atoms. The fourth-order valence-electron chi connectivity index (χ4n) is 1.75. The average Bonchev–Trinajstić information content (AvgIpc) is 2.55. The Morgan fingerprint density at radius 2 is 2.19 bits per heavy atom.